The van der Waals surface area contributed by atoms with Crippen LogP contribution in [-0.2, 0) is 0 Å². The number of quaternary nitrogens is 1. The molecule has 0 amide bonds. The molecule has 0 saturated carbocycles. The zero-order valence-corrected chi connectivity index (χ0v) is 5.56. The fraction of sp³-hybridized carbons (Fsp3) is 1.00. The van der Waals surface area contributed by atoms with Crippen LogP contribution >= 0.6 is 0 Å². The van der Waals surface area contributed by atoms with E-state index in [1.807, 2.05) is 0 Å². The van der Waals surface area contributed by atoms with Gasteiger partial charge in [-0.3, -0.25) is 0 Å². The molecule has 2 aliphatic rings. The summed E-state index contributed by atoms with van der Waals surface area (Å²) in [5.74, 6) is 0. The normalized spacial score (nSPS) is 52.9. The molecular weight excluding hydrogens is 98.1 g/mol. The molecule has 1 heteroatoms. The summed E-state index contributed by atoms with van der Waals surface area (Å²) >= 11 is 0. The molecule has 0 N–H and O–H groups in total. The summed E-state index contributed by atoms with van der Waals surface area (Å²) in [5, 5.41) is 0. The Labute approximate surface area is 50.9 Å². The molecule has 2 atom stereocenters. The highest BCUT2D eigenvalue weighted by Gasteiger charge is 2.45. The van der Waals surface area contributed by atoms with Gasteiger partial charge in [-0.1, -0.05) is 0 Å². The lowest BCUT2D eigenvalue weighted by Crippen LogP contribution is -2.58. The average molecular weight is 112 g/mol. The van der Waals surface area contributed by atoms with E-state index in [-0.39, 0.29) is 0 Å². The third kappa shape index (κ3) is 0.408. The number of fused-ring (bicyclic) bond motifs is 1. The molecule has 0 aromatic heterocycles. The first kappa shape index (κ1) is 4.80. The van der Waals surface area contributed by atoms with Crippen molar-refractivity contribution in [3.63, 3.8) is 0 Å². The topological polar surface area (TPSA) is 0 Å². The van der Waals surface area contributed by atoms with Crippen molar-refractivity contribution in [1.29, 1.82) is 0 Å². The molecule has 0 radical (unpaired) electrons. The van der Waals surface area contributed by atoms with Crippen LogP contribution in [0.15, 0.2) is 0 Å². The summed E-state index contributed by atoms with van der Waals surface area (Å²) in [6.45, 7) is 2.93. The maximum atomic E-state index is 2.40. The van der Waals surface area contributed by atoms with Crippen LogP contribution in [0.1, 0.15) is 19.3 Å². The van der Waals surface area contributed by atoms with Crippen molar-refractivity contribution >= 4 is 0 Å². The van der Waals surface area contributed by atoms with Gasteiger partial charge in [0, 0.05) is 19.3 Å². The van der Waals surface area contributed by atoms with Crippen molar-refractivity contribution in [2.75, 3.05) is 20.1 Å². The molecule has 2 heterocycles. The monoisotopic (exact) mass is 112 g/mol. The molecule has 2 rings (SSSR count). The lowest BCUT2D eigenvalue weighted by atomic mass is 10.0. The first-order valence-corrected chi connectivity index (χ1v) is 3.65. The van der Waals surface area contributed by atoms with E-state index in [2.05, 4.69) is 7.05 Å². The van der Waals surface area contributed by atoms with E-state index in [0.717, 1.165) is 6.04 Å². The second kappa shape index (κ2) is 1.27. The Balaban J connectivity index is 2.14. The molecule has 0 spiro atoms. The van der Waals surface area contributed by atoms with Gasteiger partial charge in [0.05, 0.1) is 26.2 Å². The molecule has 2 aliphatic heterocycles. The summed E-state index contributed by atoms with van der Waals surface area (Å²) in [6, 6.07) is 1.08. The zero-order valence-electron chi connectivity index (χ0n) is 5.56. The van der Waals surface area contributed by atoms with E-state index < -0.39 is 0 Å². The lowest BCUT2D eigenvalue weighted by Gasteiger charge is -2.44. The lowest BCUT2D eigenvalue weighted by molar-refractivity contribution is -0.960. The van der Waals surface area contributed by atoms with Gasteiger partial charge in [0.1, 0.15) is 0 Å². The van der Waals surface area contributed by atoms with E-state index in [1.54, 1.807) is 0 Å². The van der Waals surface area contributed by atoms with Crippen molar-refractivity contribution < 1.29 is 4.48 Å². The summed E-state index contributed by atoms with van der Waals surface area (Å²) < 4.78 is 1.42. The second-order valence-corrected chi connectivity index (χ2v) is 3.51. The van der Waals surface area contributed by atoms with E-state index >= 15 is 0 Å². The molecule has 1 nitrogen and oxygen atoms in total. The van der Waals surface area contributed by atoms with E-state index in [9.17, 15) is 0 Å². The Morgan fingerprint density at radius 3 is 2.38 bits per heavy atom. The van der Waals surface area contributed by atoms with Crippen molar-refractivity contribution in [3.8, 4) is 0 Å². The van der Waals surface area contributed by atoms with Crippen molar-refractivity contribution in [1.82, 2.24) is 0 Å². The first-order chi connectivity index (χ1) is 3.81. The molecule has 46 valence electrons. The van der Waals surface area contributed by atoms with Gasteiger partial charge in [0.2, 0.25) is 0 Å². The Bertz CT molecular complexity index is 111. The van der Waals surface area contributed by atoms with E-state index in [4.69, 9.17) is 0 Å². The predicted octanol–water partition coefficient (Wildman–Crippen LogP) is 0.999. The van der Waals surface area contributed by atoms with Gasteiger partial charge in [0.25, 0.3) is 0 Å². The van der Waals surface area contributed by atoms with Gasteiger partial charge in [-0.05, 0) is 0 Å². The van der Waals surface area contributed by atoms with Crippen LogP contribution in [0.4, 0.5) is 0 Å². The Kier molecular flexibility index (Phi) is 0.762. The fourth-order valence-electron chi connectivity index (χ4n) is 2.19. The molecule has 0 aromatic rings. The number of hydrogen-bond donors (Lipinski definition) is 0. The van der Waals surface area contributed by atoms with Crippen LogP contribution in [0.5, 0.6) is 0 Å². The highest BCUT2D eigenvalue weighted by molar-refractivity contribution is 4.74. The van der Waals surface area contributed by atoms with Crippen LogP contribution in [-0.4, -0.2) is 30.7 Å². The molecule has 0 bridgehead atoms. The first-order valence-electron chi connectivity index (χ1n) is 3.65. The highest BCUT2D eigenvalue weighted by Crippen LogP contribution is 2.35. The van der Waals surface area contributed by atoms with Gasteiger partial charge in [-0.15, -0.1) is 0 Å². The third-order valence-corrected chi connectivity index (χ3v) is 3.06. The predicted molar refractivity (Wildman–Crippen MR) is 33.6 cm³/mol. The molecular formula is C7H14N+. The minimum Gasteiger partial charge on any atom is -0.323 e. The molecule has 8 heavy (non-hydrogen) atoms. The summed E-state index contributed by atoms with van der Waals surface area (Å²) in [6.07, 6.45) is 4.51. The Hall–Kier alpha value is -0.0400. The van der Waals surface area contributed by atoms with E-state index in [0.29, 0.717) is 0 Å². The maximum Gasteiger partial charge on any atom is 0.0944 e. The quantitative estimate of drug-likeness (QED) is 0.410. The van der Waals surface area contributed by atoms with E-state index in [1.165, 1.54) is 36.8 Å². The maximum absolute atomic E-state index is 2.40. The van der Waals surface area contributed by atoms with Gasteiger partial charge in [0.15, 0.2) is 0 Å². The standard InChI is InChI=1S/C7H14N/c1-8-5-2-3-7(8)4-6-8/h7H,2-6H2,1H3/q+1/t7-,8?/m1/s1. The van der Waals surface area contributed by atoms with Crippen LogP contribution < -0.4 is 0 Å². The van der Waals surface area contributed by atoms with Crippen molar-refractivity contribution in [2.24, 2.45) is 0 Å². The summed E-state index contributed by atoms with van der Waals surface area (Å²) in [4.78, 5) is 0. The Morgan fingerprint density at radius 1 is 1.25 bits per heavy atom. The van der Waals surface area contributed by atoms with Crippen LogP contribution in [0.25, 0.3) is 0 Å². The summed E-state index contributed by atoms with van der Waals surface area (Å²) in [5.41, 5.74) is 0. The molecule has 0 aliphatic carbocycles. The molecule has 2 saturated heterocycles. The van der Waals surface area contributed by atoms with Gasteiger partial charge < -0.3 is 4.48 Å². The van der Waals surface area contributed by atoms with Crippen LogP contribution in [0.2, 0.25) is 0 Å². The number of rotatable bonds is 0. The SMILES string of the molecule is C[N+]12CCC[C@@H]1CC2. The second-order valence-electron chi connectivity index (χ2n) is 3.51. The van der Waals surface area contributed by atoms with Crippen molar-refractivity contribution in [2.45, 2.75) is 25.3 Å². The largest absolute Gasteiger partial charge is 0.323 e. The third-order valence-electron chi connectivity index (χ3n) is 3.06. The summed E-state index contributed by atoms with van der Waals surface area (Å²) in [7, 11) is 2.40. The fourth-order valence-corrected chi connectivity index (χ4v) is 2.19. The van der Waals surface area contributed by atoms with Crippen LogP contribution in [0.3, 0.4) is 0 Å². The highest BCUT2D eigenvalue weighted by atomic mass is 15.4. The number of nitrogens with zero attached hydrogens (tertiary/aromatic N) is 1. The molecule has 0 aromatic carbocycles. The Morgan fingerprint density at radius 2 is 2.12 bits per heavy atom. The van der Waals surface area contributed by atoms with Crippen molar-refractivity contribution in [3.05, 3.63) is 0 Å². The number of hydrogen-bond acceptors (Lipinski definition) is 0. The minimum atomic E-state index is 1.08. The zero-order chi connectivity index (χ0) is 5.61. The molecule has 2 fully saturated rings. The van der Waals surface area contributed by atoms with Gasteiger partial charge in [-0.25, -0.2) is 0 Å². The van der Waals surface area contributed by atoms with Gasteiger partial charge in [-0.2, -0.15) is 0 Å². The smallest absolute Gasteiger partial charge is 0.0944 e. The minimum absolute atomic E-state index is 1.08. The van der Waals surface area contributed by atoms with Gasteiger partial charge >= 0.3 is 0 Å². The average Bonchev–Trinajstić information content (AvgIpc) is 1.94. The molecule has 1 unspecified atom stereocenters. The van der Waals surface area contributed by atoms with Crippen LogP contribution in [0, 0.1) is 0 Å².